The number of thiazole rings is 1. The number of amides is 1. The van der Waals surface area contributed by atoms with Gasteiger partial charge in [0, 0.05) is 40.6 Å². The van der Waals surface area contributed by atoms with Crippen LogP contribution in [0.2, 0.25) is 0 Å². The minimum absolute atomic E-state index is 0.182. The molecule has 1 aliphatic carbocycles. The van der Waals surface area contributed by atoms with E-state index in [1.165, 1.54) is 0 Å². The van der Waals surface area contributed by atoms with Crippen LogP contribution < -0.4 is 10.6 Å². The molecule has 0 spiro atoms. The molecular formula is C26H25N7OS. The summed E-state index contributed by atoms with van der Waals surface area (Å²) in [5.41, 5.74) is 4.13. The van der Waals surface area contributed by atoms with Crippen LogP contribution in [-0.2, 0) is 6.54 Å². The van der Waals surface area contributed by atoms with Crippen LogP contribution in [0.25, 0.3) is 16.6 Å². The van der Waals surface area contributed by atoms with E-state index in [1.807, 2.05) is 32.0 Å². The highest BCUT2D eigenvalue weighted by molar-refractivity contribution is 7.11. The number of hydrogen-bond donors (Lipinski definition) is 2. The second kappa shape index (κ2) is 8.74. The van der Waals surface area contributed by atoms with Gasteiger partial charge in [-0.3, -0.25) is 9.78 Å². The van der Waals surface area contributed by atoms with Crippen LogP contribution in [0.5, 0.6) is 0 Å². The fraction of sp³-hybridized carbons (Fsp3) is 0.269. The largest absolute Gasteiger partial charge is 0.365 e. The number of carbonyl (C=O) groups excluding carboxylic acids is 1. The van der Waals surface area contributed by atoms with E-state index in [4.69, 9.17) is 4.98 Å². The number of pyridine rings is 1. The molecule has 2 atom stereocenters. The summed E-state index contributed by atoms with van der Waals surface area (Å²) in [4.78, 5) is 28.0. The molecule has 4 aromatic heterocycles. The number of aryl methyl sites for hydroxylation is 2. The molecule has 0 aliphatic heterocycles. The van der Waals surface area contributed by atoms with Gasteiger partial charge in [-0.05, 0) is 38.3 Å². The molecule has 5 aromatic rings. The molecule has 8 nitrogen and oxygen atoms in total. The van der Waals surface area contributed by atoms with Gasteiger partial charge in [-0.15, -0.1) is 11.3 Å². The van der Waals surface area contributed by atoms with Crippen molar-refractivity contribution >= 4 is 39.6 Å². The van der Waals surface area contributed by atoms with Crippen molar-refractivity contribution in [3.8, 4) is 0 Å². The molecule has 0 unspecified atom stereocenters. The molecule has 6 rings (SSSR count). The Labute approximate surface area is 206 Å². The predicted octanol–water partition coefficient (Wildman–Crippen LogP) is 4.50. The van der Waals surface area contributed by atoms with E-state index in [0.717, 1.165) is 44.4 Å². The molecule has 2 N–H and O–H groups in total. The zero-order chi connectivity index (χ0) is 23.9. The van der Waals surface area contributed by atoms with Crippen molar-refractivity contribution in [2.45, 2.75) is 32.7 Å². The zero-order valence-electron chi connectivity index (χ0n) is 19.5. The zero-order valence-corrected chi connectivity index (χ0v) is 20.3. The van der Waals surface area contributed by atoms with Gasteiger partial charge in [0.05, 0.1) is 29.0 Å². The van der Waals surface area contributed by atoms with Crippen molar-refractivity contribution in [3.63, 3.8) is 0 Å². The lowest BCUT2D eigenvalue weighted by Crippen LogP contribution is -2.27. The van der Waals surface area contributed by atoms with Gasteiger partial charge in [0.25, 0.3) is 5.91 Å². The number of nitrogens with one attached hydrogen (secondary N) is 2. The first-order valence-corrected chi connectivity index (χ1v) is 12.5. The Hall–Kier alpha value is -3.85. The van der Waals surface area contributed by atoms with Gasteiger partial charge in [-0.25, -0.2) is 9.97 Å². The van der Waals surface area contributed by atoms with E-state index < -0.39 is 0 Å². The first kappa shape index (κ1) is 21.7. The van der Waals surface area contributed by atoms with E-state index in [2.05, 4.69) is 43.9 Å². The molecule has 1 fully saturated rings. The van der Waals surface area contributed by atoms with Crippen molar-refractivity contribution in [1.29, 1.82) is 0 Å². The summed E-state index contributed by atoms with van der Waals surface area (Å²) < 4.78 is 1.71. The summed E-state index contributed by atoms with van der Waals surface area (Å²) in [5, 5.41) is 13.0. The second-order valence-corrected chi connectivity index (χ2v) is 10.3. The molecule has 0 bridgehead atoms. The first-order valence-electron chi connectivity index (χ1n) is 11.7. The molecule has 1 saturated carbocycles. The number of nitrogens with zero attached hydrogens (tertiary/aromatic N) is 5. The smallest absolute Gasteiger partial charge is 0.270 e. The van der Waals surface area contributed by atoms with Gasteiger partial charge in [0.2, 0.25) is 0 Å². The summed E-state index contributed by atoms with van der Waals surface area (Å²) in [6.45, 7) is 5.22. The third-order valence-electron chi connectivity index (χ3n) is 6.47. The third-order valence-corrected chi connectivity index (χ3v) is 7.54. The van der Waals surface area contributed by atoms with Crippen LogP contribution in [0, 0.1) is 19.8 Å². The van der Waals surface area contributed by atoms with Gasteiger partial charge < -0.3 is 10.6 Å². The van der Waals surface area contributed by atoms with E-state index >= 15 is 0 Å². The van der Waals surface area contributed by atoms with Gasteiger partial charge in [0.1, 0.15) is 11.5 Å². The number of aromatic nitrogens is 5. The Kier molecular flexibility index (Phi) is 5.41. The quantitative estimate of drug-likeness (QED) is 0.354. The molecule has 9 heteroatoms. The maximum absolute atomic E-state index is 13.0. The van der Waals surface area contributed by atoms with Gasteiger partial charge in [0.15, 0.2) is 5.65 Å². The van der Waals surface area contributed by atoms with E-state index in [1.54, 1.807) is 34.2 Å². The number of para-hydroxylation sites is 1. The monoisotopic (exact) mass is 483 g/mol. The molecule has 0 radical (unpaired) electrons. The van der Waals surface area contributed by atoms with Crippen LogP contribution >= 0.6 is 11.3 Å². The Bertz CT molecular complexity index is 1560. The van der Waals surface area contributed by atoms with Crippen molar-refractivity contribution in [2.24, 2.45) is 5.92 Å². The van der Waals surface area contributed by atoms with Gasteiger partial charge >= 0.3 is 0 Å². The fourth-order valence-corrected chi connectivity index (χ4v) is 5.38. The highest BCUT2D eigenvalue weighted by atomic mass is 32.1. The van der Waals surface area contributed by atoms with Gasteiger partial charge in [-0.2, -0.15) is 9.61 Å². The first-order chi connectivity index (χ1) is 17.0. The lowest BCUT2D eigenvalue weighted by molar-refractivity contribution is 0.0946. The molecule has 1 amide bonds. The maximum atomic E-state index is 13.0. The van der Waals surface area contributed by atoms with Crippen LogP contribution in [0.4, 0.5) is 5.82 Å². The molecular weight excluding hydrogens is 458 g/mol. The SMILES string of the molecule is Cc1nc(C)c(CNc2cc(C(=O)NC[C@H]3C[C@@H]3c3ccc4ccccc4n3)nc3ccnn23)s1. The standard InChI is InChI=1S/C26H25N7OS/c1-15-23(35-16(2)30-15)14-27-25-12-22(32-24-9-10-29-33(24)25)26(34)28-13-18-11-19(18)21-8-7-17-5-3-4-6-20(17)31-21/h3-10,12,18-19,27H,11,13-14H2,1-2H3,(H,28,34)/t18-,19+/m1/s1. The Morgan fingerprint density at radius 1 is 1.11 bits per heavy atom. The Morgan fingerprint density at radius 2 is 2.00 bits per heavy atom. The van der Waals surface area contributed by atoms with E-state index in [-0.39, 0.29) is 5.91 Å². The van der Waals surface area contributed by atoms with Crippen LogP contribution in [0.1, 0.15) is 44.1 Å². The number of anilines is 1. The summed E-state index contributed by atoms with van der Waals surface area (Å²) in [5.74, 6) is 1.31. The molecule has 1 aliphatic rings. The third kappa shape index (κ3) is 4.35. The molecule has 176 valence electrons. The number of rotatable bonds is 7. The second-order valence-electron chi connectivity index (χ2n) is 8.96. The minimum Gasteiger partial charge on any atom is -0.365 e. The van der Waals surface area contributed by atoms with Crippen molar-refractivity contribution < 1.29 is 4.79 Å². The highest BCUT2D eigenvalue weighted by Gasteiger charge is 2.39. The lowest BCUT2D eigenvalue weighted by Gasteiger charge is -2.10. The average Bonchev–Trinajstić information content (AvgIpc) is 3.35. The van der Waals surface area contributed by atoms with E-state index in [0.29, 0.717) is 36.3 Å². The molecule has 4 heterocycles. The van der Waals surface area contributed by atoms with Crippen LogP contribution in [-0.4, -0.2) is 37.0 Å². The summed E-state index contributed by atoms with van der Waals surface area (Å²) in [6, 6.07) is 15.9. The fourth-order valence-electron chi connectivity index (χ4n) is 4.50. The number of carbonyl (C=O) groups is 1. The Balaban J connectivity index is 1.13. The molecule has 35 heavy (non-hydrogen) atoms. The Morgan fingerprint density at radius 3 is 2.86 bits per heavy atom. The van der Waals surface area contributed by atoms with Gasteiger partial charge in [-0.1, -0.05) is 24.3 Å². The van der Waals surface area contributed by atoms with Crippen molar-refractivity contribution in [1.82, 2.24) is 29.9 Å². The topological polar surface area (TPSA) is 97.1 Å². The summed E-state index contributed by atoms with van der Waals surface area (Å²) in [6.07, 6.45) is 2.71. The lowest BCUT2D eigenvalue weighted by atomic mass is 10.1. The summed E-state index contributed by atoms with van der Waals surface area (Å²) in [7, 11) is 0. The minimum atomic E-state index is -0.182. The van der Waals surface area contributed by atoms with Crippen LogP contribution in [0.3, 0.4) is 0 Å². The highest BCUT2D eigenvalue weighted by Crippen LogP contribution is 2.46. The number of hydrogen-bond acceptors (Lipinski definition) is 7. The summed E-state index contributed by atoms with van der Waals surface area (Å²) >= 11 is 1.67. The van der Waals surface area contributed by atoms with Crippen LogP contribution in [0.15, 0.2) is 54.7 Å². The molecule has 1 aromatic carbocycles. The van der Waals surface area contributed by atoms with E-state index in [9.17, 15) is 4.79 Å². The average molecular weight is 484 g/mol. The normalized spacial score (nSPS) is 17.1. The van der Waals surface area contributed by atoms with Crippen molar-refractivity contribution in [2.75, 3.05) is 11.9 Å². The predicted molar refractivity (Wildman–Crippen MR) is 137 cm³/mol. The number of fused-ring (bicyclic) bond motifs is 2. The van der Waals surface area contributed by atoms with Crippen molar-refractivity contribution in [3.05, 3.63) is 81.7 Å². The molecule has 0 saturated heterocycles. The maximum Gasteiger partial charge on any atom is 0.270 e. The number of benzene rings is 1.